The molecule has 1 aliphatic heterocycles. The highest BCUT2D eigenvalue weighted by atomic mass is 15.2. The number of nitrogens with zero attached hydrogens (tertiary/aromatic N) is 3. The van der Waals surface area contributed by atoms with E-state index in [0.717, 1.165) is 18.8 Å². The Balaban J connectivity index is 1.85. The van der Waals surface area contributed by atoms with E-state index in [-0.39, 0.29) is 0 Å². The van der Waals surface area contributed by atoms with Crippen molar-refractivity contribution in [2.45, 2.75) is 45.1 Å². The first-order valence-corrected chi connectivity index (χ1v) is 7.12. The fraction of sp³-hybridized carbons (Fsp3) is 0.714. The molecule has 0 bridgehead atoms. The molecule has 98 valence electrons. The first kappa shape index (κ1) is 11.9. The highest BCUT2D eigenvalue weighted by molar-refractivity contribution is 5.29. The normalized spacial score (nSPS) is 27.6. The SMILES string of the molecule is CCCN1CCC[C@H]2Cc3nc(N)ncc3C[C@H]21. The number of rotatable bonds is 2. The molecule has 1 aromatic heterocycles. The van der Waals surface area contributed by atoms with E-state index in [1.807, 2.05) is 6.20 Å². The van der Waals surface area contributed by atoms with Gasteiger partial charge in [-0.25, -0.2) is 9.97 Å². The summed E-state index contributed by atoms with van der Waals surface area (Å²) in [5.74, 6) is 1.19. The van der Waals surface area contributed by atoms with Crippen LogP contribution >= 0.6 is 0 Å². The Bertz CT molecular complexity index is 430. The van der Waals surface area contributed by atoms with Crippen LogP contribution in [0.3, 0.4) is 0 Å². The summed E-state index contributed by atoms with van der Waals surface area (Å²) in [7, 11) is 0. The highest BCUT2D eigenvalue weighted by Crippen LogP contribution is 2.34. The molecule has 2 atom stereocenters. The monoisotopic (exact) mass is 246 g/mol. The van der Waals surface area contributed by atoms with Gasteiger partial charge in [0.2, 0.25) is 5.95 Å². The molecule has 0 amide bonds. The van der Waals surface area contributed by atoms with E-state index in [2.05, 4.69) is 21.8 Å². The molecule has 0 saturated carbocycles. The quantitative estimate of drug-likeness (QED) is 0.862. The van der Waals surface area contributed by atoms with Crippen molar-refractivity contribution in [3.05, 3.63) is 17.5 Å². The van der Waals surface area contributed by atoms with Crippen LogP contribution in [0.5, 0.6) is 0 Å². The van der Waals surface area contributed by atoms with Crippen LogP contribution in [-0.2, 0) is 12.8 Å². The molecule has 4 nitrogen and oxygen atoms in total. The Hall–Kier alpha value is -1.16. The van der Waals surface area contributed by atoms with Crippen molar-refractivity contribution < 1.29 is 0 Å². The Kier molecular flexibility index (Phi) is 3.20. The lowest BCUT2D eigenvalue weighted by atomic mass is 9.77. The van der Waals surface area contributed by atoms with Crippen LogP contribution in [-0.4, -0.2) is 34.0 Å². The standard InChI is InChI=1S/C14H22N4/c1-2-5-18-6-3-4-10-7-12-11(8-13(10)18)9-16-14(15)17-12/h9-10,13H,2-8H2,1H3,(H2,15,16,17)/t10-,13+/m0/s1. The zero-order chi connectivity index (χ0) is 12.5. The van der Waals surface area contributed by atoms with Gasteiger partial charge in [0.25, 0.3) is 0 Å². The number of likely N-dealkylation sites (tertiary alicyclic amines) is 1. The summed E-state index contributed by atoms with van der Waals surface area (Å²) in [6.07, 6.45) is 8.06. The van der Waals surface area contributed by atoms with Crippen molar-refractivity contribution in [2.24, 2.45) is 5.92 Å². The molecule has 2 aliphatic rings. The Morgan fingerprint density at radius 2 is 2.33 bits per heavy atom. The van der Waals surface area contributed by atoms with E-state index in [0.29, 0.717) is 12.0 Å². The van der Waals surface area contributed by atoms with Crippen molar-refractivity contribution in [1.29, 1.82) is 0 Å². The van der Waals surface area contributed by atoms with Gasteiger partial charge in [-0.3, -0.25) is 4.90 Å². The molecule has 4 heteroatoms. The molecule has 1 saturated heterocycles. The molecule has 1 fully saturated rings. The third kappa shape index (κ3) is 2.09. The number of aromatic nitrogens is 2. The van der Waals surface area contributed by atoms with Crippen LogP contribution < -0.4 is 5.73 Å². The predicted molar refractivity (Wildman–Crippen MR) is 72.2 cm³/mol. The zero-order valence-corrected chi connectivity index (χ0v) is 11.1. The van der Waals surface area contributed by atoms with E-state index in [1.54, 1.807) is 0 Å². The zero-order valence-electron chi connectivity index (χ0n) is 11.1. The number of fused-ring (bicyclic) bond motifs is 2. The van der Waals surface area contributed by atoms with Crippen LogP contribution in [0.4, 0.5) is 5.95 Å². The predicted octanol–water partition coefficient (Wildman–Crippen LogP) is 1.65. The molecule has 2 N–H and O–H groups in total. The van der Waals surface area contributed by atoms with Crippen LogP contribution in [0.25, 0.3) is 0 Å². The van der Waals surface area contributed by atoms with Gasteiger partial charge in [-0.1, -0.05) is 6.92 Å². The Morgan fingerprint density at radius 1 is 1.44 bits per heavy atom. The molecule has 18 heavy (non-hydrogen) atoms. The summed E-state index contributed by atoms with van der Waals surface area (Å²) < 4.78 is 0. The minimum absolute atomic E-state index is 0.424. The molecule has 0 radical (unpaired) electrons. The van der Waals surface area contributed by atoms with Crippen molar-refractivity contribution >= 4 is 5.95 Å². The van der Waals surface area contributed by atoms with E-state index >= 15 is 0 Å². The maximum Gasteiger partial charge on any atom is 0.220 e. The van der Waals surface area contributed by atoms with E-state index in [9.17, 15) is 0 Å². The van der Waals surface area contributed by atoms with Crippen LogP contribution in [0.2, 0.25) is 0 Å². The van der Waals surface area contributed by atoms with E-state index < -0.39 is 0 Å². The maximum atomic E-state index is 5.69. The molecule has 1 aliphatic carbocycles. The van der Waals surface area contributed by atoms with Gasteiger partial charge in [-0.15, -0.1) is 0 Å². The fourth-order valence-electron chi connectivity index (χ4n) is 3.59. The molecule has 2 heterocycles. The average molecular weight is 246 g/mol. The van der Waals surface area contributed by atoms with Gasteiger partial charge in [-0.05, 0) is 56.7 Å². The van der Waals surface area contributed by atoms with Crippen molar-refractivity contribution in [2.75, 3.05) is 18.8 Å². The molecule has 0 aromatic carbocycles. The lowest BCUT2D eigenvalue weighted by Gasteiger charge is -2.44. The second-order valence-electron chi connectivity index (χ2n) is 5.61. The lowest BCUT2D eigenvalue weighted by molar-refractivity contribution is 0.0845. The molecular formula is C14H22N4. The second-order valence-corrected chi connectivity index (χ2v) is 5.61. The van der Waals surface area contributed by atoms with Gasteiger partial charge in [0, 0.05) is 17.9 Å². The van der Waals surface area contributed by atoms with Gasteiger partial charge in [0.05, 0.1) is 0 Å². The van der Waals surface area contributed by atoms with Crippen molar-refractivity contribution in [3.8, 4) is 0 Å². The molecule has 3 rings (SSSR count). The number of piperidine rings is 1. The first-order valence-electron chi connectivity index (χ1n) is 7.12. The van der Waals surface area contributed by atoms with Crippen molar-refractivity contribution in [1.82, 2.24) is 14.9 Å². The van der Waals surface area contributed by atoms with Gasteiger partial charge in [0.1, 0.15) is 0 Å². The maximum absolute atomic E-state index is 5.69. The van der Waals surface area contributed by atoms with Gasteiger partial charge in [-0.2, -0.15) is 0 Å². The second kappa shape index (κ2) is 4.84. The number of hydrogen-bond acceptors (Lipinski definition) is 4. The molecule has 1 aromatic rings. The summed E-state index contributed by atoms with van der Waals surface area (Å²) in [5, 5.41) is 0. The minimum Gasteiger partial charge on any atom is -0.368 e. The third-order valence-electron chi connectivity index (χ3n) is 4.40. The van der Waals surface area contributed by atoms with Crippen LogP contribution in [0.1, 0.15) is 37.4 Å². The number of hydrogen-bond donors (Lipinski definition) is 1. The average Bonchev–Trinajstić information content (AvgIpc) is 2.37. The van der Waals surface area contributed by atoms with E-state index in [4.69, 9.17) is 5.73 Å². The van der Waals surface area contributed by atoms with Crippen LogP contribution in [0.15, 0.2) is 6.20 Å². The van der Waals surface area contributed by atoms with Crippen LogP contribution in [0, 0.1) is 5.92 Å². The molecule has 0 unspecified atom stereocenters. The number of nitrogens with two attached hydrogens (primary N) is 1. The van der Waals surface area contributed by atoms with Gasteiger partial charge in [0.15, 0.2) is 0 Å². The largest absolute Gasteiger partial charge is 0.368 e. The number of nitrogen functional groups attached to an aromatic ring is 1. The topological polar surface area (TPSA) is 55.0 Å². The Morgan fingerprint density at radius 3 is 3.17 bits per heavy atom. The minimum atomic E-state index is 0.424. The van der Waals surface area contributed by atoms with Crippen molar-refractivity contribution in [3.63, 3.8) is 0 Å². The Labute approximate surface area is 109 Å². The lowest BCUT2D eigenvalue weighted by Crippen LogP contribution is -2.49. The summed E-state index contributed by atoms with van der Waals surface area (Å²) in [6, 6.07) is 0.707. The number of anilines is 1. The smallest absolute Gasteiger partial charge is 0.220 e. The molecular weight excluding hydrogens is 224 g/mol. The summed E-state index contributed by atoms with van der Waals surface area (Å²) in [6.45, 7) is 4.76. The fourth-order valence-corrected chi connectivity index (χ4v) is 3.59. The summed E-state index contributed by atoms with van der Waals surface area (Å²) in [4.78, 5) is 11.2. The molecule has 0 spiro atoms. The summed E-state index contributed by atoms with van der Waals surface area (Å²) >= 11 is 0. The van der Waals surface area contributed by atoms with Gasteiger partial charge < -0.3 is 5.73 Å². The van der Waals surface area contributed by atoms with E-state index in [1.165, 1.54) is 43.6 Å². The first-order chi connectivity index (χ1) is 8.78. The third-order valence-corrected chi connectivity index (χ3v) is 4.40. The summed E-state index contributed by atoms with van der Waals surface area (Å²) in [5.41, 5.74) is 8.20. The highest BCUT2D eigenvalue weighted by Gasteiger charge is 2.35. The van der Waals surface area contributed by atoms with Gasteiger partial charge >= 0.3 is 0 Å².